The molecule has 0 aliphatic heterocycles. The Morgan fingerprint density at radius 2 is 1.46 bits per heavy atom. The van der Waals surface area contributed by atoms with Crippen LogP contribution in [0.5, 0.6) is 0 Å². The lowest BCUT2D eigenvalue weighted by atomic mass is 10.3. The Labute approximate surface area is 68.9 Å². The molecule has 0 heterocycles. The molecule has 8 heteroatoms. The van der Waals surface area contributed by atoms with E-state index in [2.05, 4.69) is 0 Å². The first-order valence-corrected chi connectivity index (χ1v) is 3.10. The van der Waals surface area contributed by atoms with Crippen LogP contribution in [0.2, 0.25) is 0 Å². The second kappa shape index (κ2) is 4.12. The van der Waals surface area contributed by atoms with Crippen LogP contribution in [0, 0.1) is 0 Å². The van der Waals surface area contributed by atoms with Gasteiger partial charge < -0.3 is 5.32 Å². The molecular formula is C5H6F7N. The molecule has 13 heavy (non-hydrogen) atoms. The first-order chi connectivity index (χ1) is 5.67. The zero-order valence-corrected chi connectivity index (χ0v) is 6.14. The molecule has 0 saturated heterocycles. The van der Waals surface area contributed by atoms with Crippen molar-refractivity contribution in [1.29, 1.82) is 0 Å². The van der Waals surface area contributed by atoms with Crippen molar-refractivity contribution in [2.24, 2.45) is 0 Å². The molecule has 0 aliphatic carbocycles. The van der Waals surface area contributed by atoms with Crippen molar-refractivity contribution in [2.45, 2.75) is 18.5 Å². The standard InChI is InChI=1S/C5H6F7N/c6-3(7)1-13-2-4(8,9)5(10,11)12/h3,13H,1-2H2. The zero-order valence-electron chi connectivity index (χ0n) is 6.14. The number of alkyl halides is 7. The van der Waals surface area contributed by atoms with Gasteiger partial charge in [-0.3, -0.25) is 0 Å². The van der Waals surface area contributed by atoms with Gasteiger partial charge >= 0.3 is 12.1 Å². The third kappa shape index (κ3) is 4.30. The predicted molar refractivity (Wildman–Crippen MR) is 29.9 cm³/mol. The SMILES string of the molecule is FC(F)CNCC(F)(F)C(F)(F)F. The quantitative estimate of drug-likeness (QED) is 0.704. The van der Waals surface area contributed by atoms with Crippen LogP contribution in [0.3, 0.4) is 0 Å². The summed E-state index contributed by atoms with van der Waals surface area (Å²) in [4.78, 5) is 0. The Hall–Kier alpha value is -0.530. The molecule has 0 unspecified atom stereocenters. The first kappa shape index (κ1) is 12.5. The lowest BCUT2D eigenvalue weighted by Gasteiger charge is -2.19. The van der Waals surface area contributed by atoms with Gasteiger partial charge in [-0.05, 0) is 0 Å². The first-order valence-electron chi connectivity index (χ1n) is 3.10. The predicted octanol–water partition coefficient (Wildman–Crippen LogP) is 2.04. The van der Waals surface area contributed by atoms with E-state index >= 15 is 0 Å². The van der Waals surface area contributed by atoms with Gasteiger partial charge in [0.2, 0.25) is 0 Å². The van der Waals surface area contributed by atoms with Gasteiger partial charge in [0.15, 0.2) is 0 Å². The summed E-state index contributed by atoms with van der Waals surface area (Å²) in [7, 11) is 0. The third-order valence-corrected chi connectivity index (χ3v) is 1.06. The summed E-state index contributed by atoms with van der Waals surface area (Å²) in [5, 5.41) is 1.31. The van der Waals surface area contributed by atoms with E-state index in [1.54, 1.807) is 0 Å². The lowest BCUT2D eigenvalue weighted by molar-refractivity contribution is -0.279. The maximum Gasteiger partial charge on any atom is 0.454 e. The molecule has 0 aliphatic rings. The van der Waals surface area contributed by atoms with Gasteiger partial charge in [-0.1, -0.05) is 0 Å². The second-order valence-corrected chi connectivity index (χ2v) is 2.22. The summed E-state index contributed by atoms with van der Waals surface area (Å²) >= 11 is 0. The number of halogens is 7. The Morgan fingerprint density at radius 1 is 1.00 bits per heavy atom. The summed E-state index contributed by atoms with van der Waals surface area (Å²) in [5.41, 5.74) is 0. The van der Waals surface area contributed by atoms with E-state index < -0.39 is 31.6 Å². The second-order valence-electron chi connectivity index (χ2n) is 2.22. The molecule has 0 atom stereocenters. The van der Waals surface area contributed by atoms with Crippen molar-refractivity contribution in [3.8, 4) is 0 Å². The monoisotopic (exact) mass is 213 g/mol. The molecule has 0 bridgehead atoms. The highest BCUT2D eigenvalue weighted by Crippen LogP contribution is 2.34. The van der Waals surface area contributed by atoms with Gasteiger partial charge in [0.1, 0.15) is 0 Å². The maximum absolute atomic E-state index is 11.9. The van der Waals surface area contributed by atoms with Crippen LogP contribution in [0.15, 0.2) is 0 Å². The average molecular weight is 213 g/mol. The van der Waals surface area contributed by atoms with Crippen LogP contribution in [0.25, 0.3) is 0 Å². The molecule has 0 aromatic rings. The molecule has 0 radical (unpaired) electrons. The van der Waals surface area contributed by atoms with E-state index in [1.165, 1.54) is 5.32 Å². The van der Waals surface area contributed by atoms with Crippen LogP contribution in [-0.2, 0) is 0 Å². The highest BCUT2D eigenvalue weighted by atomic mass is 19.4. The molecule has 0 rings (SSSR count). The van der Waals surface area contributed by atoms with Gasteiger partial charge in [-0.2, -0.15) is 22.0 Å². The van der Waals surface area contributed by atoms with Gasteiger partial charge in [-0.25, -0.2) is 8.78 Å². The number of hydrogen-bond donors (Lipinski definition) is 1. The zero-order chi connectivity index (χ0) is 10.7. The molecule has 1 nitrogen and oxygen atoms in total. The molecule has 0 aromatic heterocycles. The minimum absolute atomic E-state index is 1.19. The molecular weight excluding hydrogens is 207 g/mol. The van der Waals surface area contributed by atoms with E-state index in [0.717, 1.165) is 0 Å². The lowest BCUT2D eigenvalue weighted by Crippen LogP contribution is -2.46. The summed E-state index contributed by atoms with van der Waals surface area (Å²) in [5.74, 6) is -4.97. The van der Waals surface area contributed by atoms with Crippen LogP contribution in [0.4, 0.5) is 30.7 Å². The smallest absolute Gasteiger partial charge is 0.305 e. The fraction of sp³-hybridized carbons (Fsp3) is 1.00. The van der Waals surface area contributed by atoms with Gasteiger partial charge in [0, 0.05) is 0 Å². The van der Waals surface area contributed by atoms with Crippen molar-refractivity contribution < 1.29 is 30.7 Å². The van der Waals surface area contributed by atoms with Gasteiger partial charge in [0.25, 0.3) is 6.43 Å². The largest absolute Gasteiger partial charge is 0.454 e. The molecule has 1 N–H and O–H groups in total. The van der Waals surface area contributed by atoms with Crippen molar-refractivity contribution in [3.05, 3.63) is 0 Å². The Morgan fingerprint density at radius 3 is 1.77 bits per heavy atom. The number of rotatable bonds is 4. The van der Waals surface area contributed by atoms with Crippen molar-refractivity contribution in [3.63, 3.8) is 0 Å². The molecule has 0 aromatic carbocycles. The minimum Gasteiger partial charge on any atom is -0.305 e. The summed E-state index contributed by atoms with van der Waals surface area (Å²) in [6.45, 7) is -3.02. The number of nitrogens with one attached hydrogen (secondary N) is 1. The van der Waals surface area contributed by atoms with E-state index in [1.807, 2.05) is 0 Å². The summed E-state index contributed by atoms with van der Waals surface area (Å²) < 4.78 is 80.7. The van der Waals surface area contributed by atoms with Crippen molar-refractivity contribution >= 4 is 0 Å². The molecule has 0 saturated carbocycles. The fourth-order valence-corrected chi connectivity index (χ4v) is 0.438. The van der Waals surface area contributed by atoms with Gasteiger partial charge in [0.05, 0.1) is 13.1 Å². The highest BCUT2D eigenvalue weighted by Gasteiger charge is 2.56. The Balaban J connectivity index is 3.90. The average Bonchev–Trinajstić information content (AvgIpc) is 1.82. The van der Waals surface area contributed by atoms with E-state index in [9.17, 15) is 30.7 Å². The highest BCUT2D eigenvalue weighted by molar-refractivity contribution is 4.78. The van der Waals surface area contributed by atoms with Crippen LogP contribution >= 0.6 is 0 Å². The summed E-state index contributed by atoms with van der Waals surface area (Å²) in [6.07, 6.45) is -8.66. The molecule has 0 spiro atoms. The van der Waals surface area contributed by atoms with Crippen LogP contribution in [0.1, 0.15) is 0 Å². The Kier molecular flexibility index (Phi) is 3.95. The minimum atomic E-state index is -5.71. The molecule has 0 amide bonds. The van der Waals surface area contributed by atoms with Crippen LogP contribution in [-0.4, -0.2) is 31.6 Å². The van der Waals surface area contributed by atoms with Crippen molar-refractivity contribution in [1.82, 2.24) is 5.32 Å². The fourth-order valence-electron chi connectivity index (χ4n) is 0.438. The van der Waals surface area contributed by atoms with Gasteiger partial charge in [-0.15, -0.1) is 0 Å². The number of hydrogen-bond acceptors (Lipinski definition) is 1. The summed E-state index contributed by atoms with van der Waals surface area (Å²) in [6, 6.07) is 0. The van der Waals surface area contributed by atoms with E-state index in [-0.39, 0.29) is 0 Å². The topological polar surface area (TPSA) is 12.0 Å². The Bertz CT molecular complexity index is 151. The van der Waals surface area contributed by atoms with Crippen molar-refractivity contribution in [2.75, 3.05) is 13.1 Å². The van der Waals surface area contributed by atoms with E-state index in [0.29, 0.717) is 0 Å². The normalized spacial score (nSPS) is 13.8. The van der Waals surface area contributed by atoms with E-state index in [4.69, 9.17) is 0 Å². The molecule has 0 fully saturated rings. The van der Waals surface area contributed by atoms with Crippen LogP contribution < -0.4 is 5.32 Å². The third-order valence-electron chi connectivity index (χ3n) is 1.06. The maximum atomic E-state index is 11.9. The molecule has 80 valence electrons.